The van der Waals surface area contributed by atoms with E-state index in [4.69, 9.17) is 0 Å². The van der Waals surface area contributed by atoms with Crippen molar-refractivity contribution in [2.75, 3.05) is 0 Å². The maximum atomic E-state index is 13.1. The van der Waals surface area contributed by atoms with Gasteiger partial charge in [-0.05, 0) is 92.2 Å². The van der Waals surface area contributed by atoms with Gasteiger partial charge in [0, 0.05) is 0 Å². The summed E-state index contributed by atoms with van der Waals surface area (Å²) >= 11 is 0. The number of hydrogen-bond donors (Lipinski definition) is 0. The van der Waals surface area contributed by atoms with Gasteiger partial charge in [0.2, 0.25) is 0 Å². The molecule has 0 heterocycles. The Morgan fingerprint density at radius 2 is 1.53 bits per heavy atom. The van der Waals surface area contributed by atoms with Gasteiger partial charge in [0.25, 0.3) is 0 Å². The van der Waals surface area contributed by atoms with Crippen LogP contribution in [0.4, 0.5) is 17.6 Å². The minimum atomic E-state index is -4.83. The van der Waals surface area contributed by atoms with Gasteiger partial charge in [-0.2, -0.15) is 13.2 Å². The van der Waals surface area contributed by atoms with Crippen molar-refractivity contribution in [2.24, 2.45) is 17.8 Å². The summed E-state index contributed by atoms with van der Waals surface area (Å²) in [6, 6.07) is 9.23. The van der Waals surface area contributed by atoms with E-state index in [0.29, 0.717) is 18.8 Å². The summed E-state index contributed by atoms with van der Waals surface area (Å²) in [7, 11) is 0. The topological polar surface area (TPSA) is 0 Å². The van der Waals surface area contributed by atoms with Crippen LogP contribution in [0.1, 0.15) is 94.6 Å². The van der Waals surface area contributed by atoms with Gasteiger partial charge in [0.15, 0.2) is 5.83 Å². The molecule has 0 aliphatic heterocycles. The van der Waals surface area contributed by atoms with E-state index >= 15 is 0 Å². The van der Waals surface area contributed by atoms with Crippen LogP contribution < -0.4 is 0 Å². The van der Waals surface area contributed by atoms with Crippen molar-refractivity contribution in [1.29, 1.82) is 0 Å². The van der Waals surface area contributed by atoms with Crippen LogP contribution in [0.25, 0.3) is 0 Å². The number of allylic oxidation sites excluding steroid dienone is 2. The number of alkyl halides is 3. The Morgan fingerprint density at radius 1 is 0.900 bits per heavy atom. The van der Waals surface area contributed by atoms with Crippen LogP contribution in [-0.2, 0) is 6.42 Å². The molecule has 1 aromatic carbocycles. The van der Waals surface area contributed by atoms with Crippen LogP contribution in [0, 0.1) is 17.8 Å². The molecule has 0 bridgehead atoms. The second kappa shape index (κ2) is 10.8. The van der Waals surface area contributed by atoms with Gasteiger partial charge in [0.05, 0.1) is 0 Å². The molecule has 30 heavy (non-hydrogen) atoms. The van der Waals surface area contributed by atoms with E-state index in [1.54, 1.807) is 0 Å². The van der Waals surface area contributed by atoms with Gasteiger partial charge in [-0.3, -0.25) is 0 Å². The Balaban J connectivity index is 1.32. The summed E-state index contributed by atoms with van der Waals surface area (Å²) in [5.41, 5.74) is 2.90. The van der Waals surface area contributed by atoms with Crippen molar-refractivity contribution in [2.45, 2.75) is 96.1 Å². The molecule has 2 aliphatic carbocycles. The molecule has 0 nitrogen and oxygen atoms in total. The second-order valence-electron chi connectivity index (χ2n) is 9.74. The predicted molar refractivity (Wildman–Crippen MR) is 115 cm³/mol. The maximum absolute atomic E-state index is 13.1. The van der Waals surface area contributed by atoms with Crippen molar-refractivity contribution in [3.63, 3.8) is 0 Å². The second-order valence-corrected chi connectivity index (χ2v) is 9.74. The first-order chi connectivity index (χ1) is 14.3. The van der Waals surface area contributed by atoms with E-state index < -0.39 is 12.0 Å². The molecule has 168 valence electrons. The zero-order chi connectivity index (χ0) is 21.6. The summed E-state index contributed by atoms with van der Waals surface area (Å²) in [4.78, 5) is 0. The average molecular weight is 425 g/mol. The summed E-state index contributed by atoms with van der Waals surface area (Å²) in [5, 5.41) is 0. The first kappa shape index (κ1) is 23.3. The number of hydrogen-bond acceptors (Lipinski definition) is 0. The molecule has 1 aromatic rings. The smallest absolute Gasteiger partial charge is 0.202 e. The number of benzene rings is 1. The van der Waals surface area contributed by atoms with Crippen molar-refractivity contribution < 1.29 is 17.6 Å². The third kappa shape index (κ3) is 7.13. The molecular weight excluding hydrogens is 388 g/mol. The normalized spacial score (nSPS) is 28.5. The van der Waals surface area contributed by atoms with Crippen LogP contribution >= 0.6 is 0 Å². The van der Waals surface area contributed by atoms with E-state index in [-0.39, 0.29) is 5.92 Å². The van der Waals surface area contributed by atoms with E-state index in [9.17, 15) is 17.6 Å². The molecule has 0 spiro atoms. The molecule has 0 saturated heterocycles. The quantitative estimate of drug-likeness (QED) is 0.303. The first-order valence-electron chi connectivity index (χ1n) is 11.8. The third-order valence-electron chi connectivity index (χ3n) is 7.34. The number of halogens is 4. The minimum absolute atomic E-state index is 0.256. The Morgan fingerprint density at radius 3 is 2.13 bits per heavy atom. The minimum Gasteiger partial charge on any atom is -0.202 e. The van der Waals surface area contributed by atoms with Crippen LogP contribution in [0.3, 0.4) is 0 Å². The molecule has 4 heteroatoms. The first-order valence-corrected chi connectivity index (χ1v) is 11.8. The number of rotatable bonds is 7. The molecule has 2 fully saturated rings. The van der Waals surface area contributed by atoms with Gasteiger partial charge in [-0.15, -0.1) is 0 Å². The highest BCUT2D eigenvalue weighted by atomic mass is 19.4. The molecular formula is C26H36F4. The van der Waals surface area contributed by atoms with Gasteiger partial charge < -0.3 is 0 Å². The lowest BCUT2D eigenvalue weighted by molar-refractivity contribution is -0.109. The number of aryl methyl sites for hydroxylation is 1. The fraction of sp³-hybridized carbons (Fsp3) is 0.692. The highest BCUT2D eigenvalue weighted by molar-refractivity contribution is 5.26. The molecule has 2 saturated carbocycles. The highest BCUT2D eigenvalue weighted by Crippen LogP contribution is 2.37. The molecule has 0 amide bonds. The van der Waals surface area contributed by atoms with Crippen molar-refractivity contribution in [3.05, 3.63) is 47.3 Å². The van der Waals surface area contributed by atoms with E-state index in [2.05, 4.69) is 31.2 Å². The summed E-state index contributed by atoms with van der Waals surface area (Å²) in [5.74, 6) is 0.0290. The monoisotopic (exact) mass is 424 g/mol. The zero-order valence-corrected chi connectivity index (χ0v) is 18.2. The number of unbranched alkanes of at least 4 members (excludes halogenated alkanes) is 1. The zero-order valence-electron chi connectivity index (χ0n) is 18.2. The standard InChI is InChI=1S/C26H36F4/c1-19-6-14-23(15-7-19)24-16-12-21(13-17-24)5-3-2-4-20-8-10-22(11-9-20)18-25(27)26(28,29)30/h12-13,16-20,22-23H,2-11,14-15H2,1H3. The van der Waals surface area contributed by atoms with E-state index in [0.717, 1.165) is 56.4 Å². The third-order valence-corrected chi connectivity index (χ3v) is 7.34. The van der Waals surface area contributed by atoms with Crippen LogP contribution in [0.15, 0.2) is 36.2 Å². The van der Waals surface area contributed by atoms with Gasteiger partial charge in [-0.25, -0.2) is 4.39 Å². The van der Waals surface area contributed by atoms with Crippen molar-refractivity contribution in [3.8, 4) is 0 Å². The lowest BCUT2D eigenvalue weighted by Crippen LogP contribution is -2.15. The molecule has 0 aromatic heterocycles. The SMILES string of the molecule is CC1CCC(c2ccc(CCCCC3CCC(C=C(F)C(F)(F)F)CC3)cc2)CC1. The van der Waals surface area contributed by atoms with Crippen LogP contribution in [-0.4, -0.2) is 6.18 Å². The summed E-state index contributed by atoms with van der Waals surface area (Å²) < 4.78 is 50.0. The van der Waals surface area contributed by atoms with Crippen molar-refractivity contribution >= 4 is 0 Å². The Hall–Kier alpha value is -1.32. The Kier molecular flexibility index (Phi) is 8.42. The maximum Gasteiger partial charge on any atom is 0.442 e. The lowest BCUT2D eigenvalue weighted by Gasteiger charge is -2.27. The van der Waals surface area contributed by atoms with E-state index in [1.807, 2.05) is 0 Å². The predicted octanol–water partition coefficient (Wildman–Crippen LogP) is 8.92. The molecule has 0 N–H and O–H groups in total. The molecule has 0 radical (unpaired) electrons. The molecule has 2 aliphatic rings. The highest BCUT2D eigenvalue weighted by Gasteiger charge is 2.35. The fourth-order valence-electron chi connectivity index (χ4n) is 5.26. The molecule has 0 unspecified atom stereocenters. The summed E-state index contributed by atoms with van der Waals surface area (Å²) in [6.07, 6.45) is 9.04. The largest absolute Gasteiger partial charge is 0.442 e. The molecule has 0 atom stereocenters. The van der Waals surface area contributed by atoms with Crippen LogP contribution in [0.2, 0.25) is 0 Å². The van der Waals surface area contributed by atoms with Gasteiger partial charge in [-0.1, -0.05) is 56.9 Å². The summed E-state index contributed by atoms with van der Waals surface area (Å²) in [6.45, 7) is 2.36. The molecule has 3 rings (SSSR count). The Bertz CT molecular complexity index is 657. The average Bonchev–Trinajstić information content (AvgIpc) is 2.73. The Labute approximate surface area is 179 Å². The van der Waals surface area contributed by atoms with Crippen molar-refractivity contribution in [1.82, 2.24) is 0 Å². The van der Waals surface area contributed by atoms with Gasteiger partial charge >= 0.3 is 6.18 Å². The fourth-order valence-corrected chi connectivity index (χ4v) is 5.26. The van der Waals surface area contributed by atoms with Crippen LogP contribution in [0.5, 0.6) is 0 Å². The van der Waals surface area contributed by atoms with Gasteiger partial charge in [0.1, 0.15) is 0 Å². The van der Waals surface area contributed by atoms with E-state index in [1.165, 1.54) is 36.8 Å². The lowest BCUT2D eigenvalue weighted by atomic mass is 9.79.